The Morgan fingerprint density at radius 1 is 1.14 bits per heavy atom. The van der Waals surface area contributed by atoms with Gasteiger partial charge in [0.1, 0.15) is 11.5 Å². The Hall–Kier alpha value is -2.96. The molecule has 0 spiro atoms. The number of anilines is 1. The van der Waals surface area contributed by atoms with Crippen molar-refractivity contribution in [1.82, 2.24) is 14.8 Å². The minimum Gasteiger partial charge on any atom is -0.366 e. The molecule has 1 aliphatic rings. The van der Waals surface area contributed by atoms with Gasteiger partial charge in [0.05, 0.1) is 5.69 Å². The lowest BCUT2D eigenvalue weighted by atomic mass is 10.1. The van der Waals surface area contributed by atoms with Crippen molar-refractivity contribution in [2.24, 2.45) is 0 Å². The van der Waals surface area contributed by atoms with E-state index in [0.29, 0.717) is 44.0 Å². The van der Waals surface area contributed by atoms with Crippen molar-refractivity contribution in [3.05, 3.63) is 59.7 Å². The van der Waals surface area contributed by atoms with Crippen LogP contribution in [0.3, 0.4) is 0 Å². The Morgan fingerprint density at radius 2 is 1.86 bits per heavy atom. The molecule has 7 heteroatoms. The van der Waals surface area contributed by atoms with Gasteiger partial charge in [-0.1, -0.05) is 25.5 Å². The van der Waals surface area contributed by atoms with Crippen LogP contribution in [0.4, 0.5) is 10.1 Å². The molecule has 1 aromatic heterocycles. The predicted molar refractivity (Wildman–Crippen MR) is 111 cm³/mol. The lowest BCUT2D eigenvalue weighted by molar-refractivity contribution is 0.0746. The Labute approximate surface area is 170 Å². The van der Waals surface area contributed by atoms with E-state index < -0.39 is 0 Å². The van der Waals surface area contributed by atoms with Crippen molar-refractivity contribution < 1.29 is 14.0 Å². The maximum atomic E-state index is 14.0. The molecule has 0 saturated carbocycles. The molecule has 2 aromatic rings. The molecule has 29 heavy (non-hydrogen) atoms. The molecule has 0 bridgehead atoms. The SMILES string of the molecule is CCCCN(C)C(=O)c1cc(C(=O)N2CCN(c3ccccc3F)CC2)ccn1. The average molecular weight is 398 g/mol. The van der Waals surface area contributed by atoms with Gasteiger partial charge in [-0.05, 0) is 30.7 Å². The van der Waals surface area contributed by atoms with E-state index in [4.69, 9.17) is 0 Å². The number of hydrogen-bond donors (Lipinski definition) is 0. The monoisotopic (exact) mass is 398 g/mol. The summed E-state index contributed by atoms with van der Waals surface area (Å²) in [5.74, 6) is -0.569. The summed E-state index contributed by atoms with van der Waals surface area (Å²) in [4.78, 5) is 34.9. The van der Waals surface area contributed by atoms with Gasteiger partial charge in [0.25, 0.3) is 11.8 Å². The van der Waals surface area contributed by atoms with E-state index in [0.717, 1.165) is 12.8 Å². The van der Waals surface area contributed by atoms with Crippen LogP contribution < -0.4 is 4.90 Å². The maximum absolute atomic E-state index is 14.0. The maximum Gasteiger partial charge on any atom is 0.272 e. The number of pyridine rings is 1. The van der Waals surface area contributed by atoms with Gasteiger partial charge in [0, 0.05) is 51.5 Å². The summed E-state index contributed by atoms with van der Waals surface area (Å²) in [7, 11) is 1.75. The summed E-state index contributed by atoms with van der Waals surface area (Å²) in [6.07, 6.45) is 3.43. The van der Waals surface area contributed by atoms with Gasteiger partial charge in [-0.3, -0.25) is 14.6 Å². The Kier molecular flexibility index (Phi) is 6.80. The van der Waals surface area contributed by atoms with Crippen LogP contribution in [0.2, 0.25) is 0 Å². The zero-order valence-corrected chi connectivity index (χ0v) is 17.0. The minimum absolute atomic E-state index is 0.133. The molecule has 6 nitrogen and oxygen atoms in total. The summed E-state index contributed by atoms with van der Waals surface area (Å²) >= 11 is 0. The van der Waals surface area contributed by atoms with Gasteiger partial charge in [0.2, 0.25) is 0 Å². The van der Waals surface area contributed by atoms with E-state index in [1.807, 2.05) is 11.0 Å². The number of rotatable bonds is 6. The lowest BCUT2D eigenvalue weighted by Crippen LogP contribution is -2.49. The minimum atomic E-state index is -0.253. The molecule has 0 atom stereocenters. The Balaban J connectivity index is 1.64. The highest BCUT2D eigenvalue weighted by Crippen LogP contribution is 2.21. The number of benzene rings is 1. The summed E-state index contributed by atoms with van der Waals surface area (Å²) in [6.45, 7) is 4.84. The highest BCUT2D eigenvalue weighted by Gasteiger charge is 2.24. The number of carbonyl (C=O) groups excluding carboxylic acids is 2. The number of piperazine rings is 1. The first-order chi connectivity index (χ1) is 14.0. The first kappa shape index (κ1) is 20.8. The average Bonchev–Trinajstić information content (AvgIpc) is 2.77. The quantitative estimate of drug-likeness (QED) is 0.751. The molecule has 0 radical (unpaired) electrons. The van der Waals surface area contributed by atoms with Gasteiger partial charge in [0.15, 0.2) is 0 Å². The van der Waals surface area contributed by atoms with Crippen LogP contribution in [0.5, 0.6) is 0 Å². The normalized spacial score (nSPS) is 14.0. The zero-order chi connectivity index (χ0) is 20.8. The van der Waals surface area contributed by atoms with Crippen molar-refractivity contribution in [3.8, 4) is 0 Å². The summed E-state index contributed by atoms with van der Waals surface area (Å²) in [5, 5.41) is 0. The molecular weight excluding hydrogens is 371 g/mol. The van der Waals surface area contributed by atoms with E-state index in [9.17, 15) is 14.0 Å². The molecule has 2 heterocycles. The van der Waals surface area contributed by atoms with Crippen molar-refractivity contribution in [3.63, 3.8) is 0 Å². The van der Waals surface area contributed by atoms with E-state index in [-0.39, 0.29) is 23.3 Å². The molecule has 1 aliphatic heterocycles. The Bertz CT molecular complexity index is 865. The Morgan fingerprint density at radius 3 is 2.55 bits per heavy atom. The smallest absolute Gasteiger partial charge is 0.272 e. The number of hydrogen-bond acceptors (Lipinski definition) is 4. The van der Waals surface area contributed by atoms with Crippen LogP contribution in [-0.2, 0) is 0 Å². The molecule has 154 valence electrons. The van der Waals surface area contributed by atoms with Gasteiger partial charge >= 0.3 is 0 Å². The van der Waals surface area contributed by atoms with Crippen LogP contribution in [0.25, 0.3) is 0 Å². The summed E-state index contributed by atoms with van der Waals surface area (Å²) < 4.78 is 14.0. The number of halogens is 1. The van der Waals surface area contributed by atoms with Gasteiger partial charge in [-0.2, -0.15) is 0 Å². The number of nitrogens with zero attached hydrogens (tertiary/aromatic N) is 4. The zero-order valence-electron chi connectivity index (χ0n) is 17.0. The van der Waals surface area contributed by atoms with Crippen molar-refractivity contribution in [2.75, 3.05) is 44.7 Å². The fourth-order valence-corrected chi connectivity index (χ4v) is 3.41. The predicted octanol–water partition coefficient (Wildman–Crippen LogP) is 3.06. The van der Waals surface area contributed by atoms with E-state index in [2.05, 4.69) is 11.9 Å². The number of unbranched alkanes of at least 4 members (excludes halogenated alkanes) is 1. The van der Waals surface area contributed by atoms with E-state index >= 15 is 0 Å². The second-order valence-electron chi connectivity index (χ2n) is 7.24. The van der Waals surface area contributed by atoms with Crippen LogP contribution in [-0.4, -0.2) is 66.4 Å². The van der Waals surface area contributed by atoms with Crippen LogP contribution >= 0.6 is 0 Å². The second-order valence-corrected chi connectivity index (χ2v) is 7.24. The highest BCUT2D eigenvalue weighted by atomic mass is 19.1. The molecular formula is C22H27FN4O2. The second kappa shape index (κ2) is 9.49. The van der Waals surface area contributed by atoms with Gasteiger partial charge < -0.3 is 14.7 Å². The molecule has 1 fully saturated rings. The van der Waals surface area contributed by atoms with Crippen LogP contribution in [0.15, 0.2) is 42.6 Å². The molecule has 1 aromatic carbocycles. The van der Waals surface area contributed by atoms with E-state index in [1.54, 1.807) is 41.1 Å². The molecule has 3 rings (SSSR count). The van der Waals surface area contributed by atoms with Gasteiger partial charge in [-0.25, -0.2) is 4.39 Å². The molecule has 2 amide bonds. The molecule has 1 saturated heterocycles. The first-order valence-corrected chi connectivity index (χ1v) is 10.0. The fraction of sp³-hybridized carbons (Fsp3) is 0.409. The highest BCUT2D eigenvalue weighted by molar-refractivity contribution is 5.98. The van der Waals surface area contributed by atoms with Crippen molar-refractivity contribution in [1.29, 1.82) is 0 Å². The first-order valence-electron chi connectivity index (χ1n) is 10.0. The fourth-order valence-electron chi connectivity index (χ4n) is 3.41. The third kappa shape index (κ3) is 4.91. The molecule has 0 N–H and O–H groups in total. The number of aromatic nitrogens is 1. The van der Waals surface area contributed by atoms with Crippen molar-refractivity contribution >= 4 is 17.5 Å². The summed E-state index contributed by atoms with van der Waals surface area (Å²) in [5.41, 5.74) is 1.29. The van der Waals surface area contributed by atoms with E-state index in [1.165, 1.54) is 12.3 Å². The van der Waals surface area contributed by atoms with Crippen molar-refractivity contribution in [2.45, 2.75) is 19.8 Å². The largest absolute Gasteiger partial charge is 0.366 e. The number of carbonyl (C=O) groups is 2. The third-order valence-electron chi connectivity index (χ3n) is 5.18. The lowest BCUT2D eigenvalue weighted by Gasteiger charge is -2.36. The molecule has 0 aliphatic carbocycles. The van der Waals surface area contributed by atoms with Crippen LogP contribution in [0, 0.1) is 5.82 Å². The standard InChI is InChI=1S/C22H27FN4O2/c1-3-4-11-25(2)22(29)19-16-17(9-10-24-19)21(28)27-14-12-26(13-15-27)20-8-6-5-7-18(20)23/h5-10,16H,3-4,11-15H2,1-2H3. The topological polar surface area (TPSA) is 56.8 Å². The molecule has 0 unspecified atom stereocenters. The number of para-hydroxylation sites is 1. The van der Waals surface area contributed by atoms with Gasteiger partial charge in [-0.15, -0.1) is 0 Å². The van der Waals surface area contributed by atoms with Crippen LogP contribution in [0.1, 0.15) is 40.6 Å². The summed E-state index contributed by atoms with van der Waals surface area (Å²) in [6, 6.07) is 9.87. The number of amides is 2. The third-order valence-corrected chi connectivity index (χ3v) is 5.18.